The molecule has 3 N–H and O–H groups in total. The molecule has 12 heteroatoms. The Morgan fingerprint density at radius 1 is 1.15 bits per heavy atom. The van der Waals surface area contributed by atoms with Crippen molar-refractivity contribution in [2.45, 2.75) is 44.9 Å². The highest BCUT2D eigenvalue weighted by atomic mass is 31.2. The van der Waals surface area contributed by atoms with Gasteiger partial charge in [-0.05, 0) is 43.5 Å². The van der Waals surface area contributed by atoms with Crippen LogP contribution in [0.15, 0.2) is 54.7 Å². The lowest BCUT2D eigenvalue weighted by Crippen LogP contribution is -2.47. The van der Waals surface area contributed by atoms with E-state index >= 15 is 0 Å². The van der Waals surface area contributed by atoms with E-state index in [0.29, 0.717) is 23.9 Å². The highest BCUT2D eigenvalue weighted by Crippen LogP contribution is 2.35. The minimum absolute atomic E-state index is 0.0817. The second kappa shape index (κ2) is 12.1. The van der Waals surface area contributed by atoms with Gasteiger partial charge in [0.15, 0.2) is 12.1 Å². The number of rotatable bonds is 11. The number of fused-ring (bicyclic) bond motifs is 1. The van der Waals surface area contributed by atoms with Gasteiger partial charge in [0.1, 0.15) is 24.5 Å². The van der Waals surface area contributed by atoms with Crippen molar-refractivity contribution in [3.8, 4) is 5.75 Å². The number of halogens is 1. The lowest BCUT2D eigenvalue weighted by Gasteiger charge is -2.24. The molecule has 1 aliphatic heterocycles. The van der Waals surface area contributed by atoms with Crippen molar-refractivity contribution in [2.75, 3.05) is 19.4 Å². The number of nitrogens with zero attached hydrogens (tertiary/aromatic N) is 2. The number of carbonyl (C=O) groups excluding carboxylic acids is 3. The number of Topliss-reactive ketones (excluding diaryl/α,β-unsaturated/α-hetero) is 1. The summed E-state index contributed by atoms with van der Waals surface area (Å²) >= 11 is 0. The number of ketones is 1. The van der Waals surface area contributed by atoms with Gasteiger partial charge in [0.25, 0.3) is 0 Å². The Kier molecular flexibility index (Phi) is 8.84. The molecule has 2 atom stereocenters. The highest BCUT2D eigenvalue weighted by molar-refractivity contribution is 7.51. The van der Waals surface area contributed by atoms with E-state index in [9.17, 15) is 23.3 Å². The zero-order chi connectivity index (χ0) is 28.2. The standard InChI is InChI=1S/C27H31FN3O7P/c1-18(32)23-15-30(24-10-9-21(13-22(23)24)38-17-39(35,36)37)16-26(33)31-14-20(28)12-25(31)27(34)29-11-5-8-19-6-3-2-4-7-19/h2-4,6-7,9-10,13,15,20,25H,5,8,11-12,14,16-17H2,1H3,(H,29,34)(H2,35,36,37)/t20-,25+/m1/s1. The summed E-state index contributed by atoms with van der Waals surface area (Å²) in [5.74, 6) is -0.990. The van der Waals surface area contributed by atoms with Crippen LogP contribution in [0.5, 0.6) is 5.75 Å². The van der Waals surface area contributed by atoms with Gasteiger partial charge in [-0.15, -0.1) is 0 Å². The van der Waals surface area contributed by atoms with Crippen molar-refractivity contribution in [3.05, 3.63) is 65.9 Å². The minimum atomic E-state index is -4.40. The molecule has 0 saturated carbocycles. The van der Waals surface area contributed by atoms with Gasteiger partial charge in [-0.1, -0.05) is 30.3 Å². The summed E-state index contributed by atoms with van der Waals surface area (Å²) in [7, 11) is -4.40. The summed E-state index contributed by atoms with van der Waals surface area (Å²) in [6.07, 6.45) is 0.768. The Balaban J connectivity index is 1.44. The highest BCUT2D eigenvalue weighted by Gasteiger charge is 2.39. The van der Waals surface area contributed by atoms with Crippen LogP contribution in [0.1, 0.15) is 35.7 Å². The number of aryl methyl sites for hydroxylation is 1. The maximum atomic E-state index is 14.4. The molecule has 0 bridgehead atoms. The van der Waals surface area contributed by atoms with Gasteiger partial charge < -0.3 is 29.3 Å². The summed E-state index contributed by atoms with van der Waals surface area (Å²) in [5.41, 5.74) is 1.95. The number of likely N-dealkylation sites (tertiary alicyclic amines) is 1. The molecule has 0 unspecified atom stereocenters. The molecular weight excluding hydrogens is 528 g/mol. The van der Waals surface area contributed by atoms with Crippen LogP contribution in [0.4, 0.5) is 4.39 Å². The fourth-order valence-corrected chi connectivity index (χ4v) is 5.07. The number of amides is 2. The third-order valence-electron chi connectivity index (χ3n) is 6.59. The average Bonchev–Trinajstić information content (AvgIpc) is 3.46. The summed E-state index contributed by atoms with van der Waals surface area (Å²) in [6.45, 7) is 1.34. The van der Waals surface area contributed by atoms with E-state index in [1.807, 2.05) is 30.3 Å². The number of hydrogen-bond acceptors (Lipinski definition) is 5. The van der Waals surface area contributed by atoms with Gasteiger partial charge >= 0.3 is 7.60 Å². The first kappa shape index (κ1) is 28.5. The molecule has 0 aliphatic carbocycles. The number of aromatic nitrogens is 1. The maximum absolute atomic E-state index is 14.4. The average molecular weight is 560 g/mol. The molecule has 0 radical (unpaired) electrons. The Morgan fingerprint density at radius 2 is 1.90 bits per heavy atom. The van der Waals surface area contributed by atoms with E-state index in [4.69, 9.17) is 14.5 Å². The van der Waals surface area contributed by atoms with Crippen LogP contribution in [-0.2, 0) is 27.1 Å². The monoisotopic (exact) mass is 559 g/mol. The first-order valence-corrected chi connectivity index (χ1v) is 14.4. The largest absolute Gasteiger partial charge is 0.481 e. The summed E-state index contributed by atoms with van der Waals surface area (Å²) < 4.78 is 32.2. The van der Waals surface area contributed by atoms with Gasteiger partial charge in [0.05, 0.1) is 6.54 Å². The second-order valence-electron chi connectivity index (χ2n) is 9.62. The van der Waals surface area contributed by atoms with Crippen LogP contribution in [0.3, 0.4) is 0 Å². The molecule has 1 saturated heterocycles. The maximum Gasteiger partial charge on any atom is 0.362 e. The van der Waals surface area contributed by atoms with Crippen molar-refractivity contribution in [1.29, 1.82) is 0 Å². The normalized spacial score (nSPS) is 17.4. The molecule has 3 aromatic rings. The van der Waals surface area contributed by atoms with Crippen LogP contribution in [0, 0.1) is 0 Å². The fourth-order valence-electron chi connectivity index (χ4n) is 4.75. The summed E-state index contributed by atoms with van der Waals surface area (Å²) in [6, 6.07) is 13.4. The van der Waals surface area contributed by atoms with Gasteiger partial charge in [0.2, 0.25) is 11.8 Å². The Morgan fingerprint density at radius 3 is 2.59 bits per heavy atom. The van der Waals surface area contributed by atoms with Crippen molar-refractivity contribution in [2.24, 2.45) is 0 Å². The predicted molar refractivity (Wildman–Crippen MR) is 142 cm³/mol. The van der Waals surface area contributed by atoms with Gasteiger partial charge in [-0.3, -0.25) is 18.9 Å². The van der Waals surface area contributed by atoms with Crippen molar-refractivity contribution >= 4 is 36.1 Å². The Bertz CT molecular complexity index is 1410. The van der Waals surface area contributed by atoms with Crippen molar-refractivity contribution in [1.82, 2.24) is 14.8 Å². The quantitative estimate of drug-likeness (QED) is 0.187. The first-order valence-electron chi connectivity index (χ1n) is 12.6. The Hall–Kier alpha value is -3.53. The molecule has 1 aromatic heterocycles. The van der Waals surface area contributed by atoms with Gasteiger partial charge in [-0.25, -0.2) is 4.39 Å². The number of alkyl halides is 1. The van der Waals surface area contributed by atoms with E-state index < -0.39 is 38.0 Å². The topological polar surface area (TPSA) is 138 Å². The minimum Gasteiger partial charge on any atom is -0.481 e. The lowest BCUT2D eigenvalue weighted by atomic mass is 10.1. The molecule has 0 spiro atoms. The van der Waals surface area contributed by atoms with Gasteiger partial charge in [-0.2, -0.15) is 0 Å². The predicted octanol–water partition coefficient (Wildman–Crippen LogP) is 3.05. The third-order valence-corrected chi connectivity index (χ3v) is 7.06. The summed E-state index contributed by atoms with van der Waals surface area (Å²) in [4.78, 5) is 57.7. The third kappa shape index (κ3) is 7.32. The fraction of sp³-hybridized carbons (Fsp3) is 0.370. The number of hydrogen-bond donors (Lipinski definition) is 3. The van der Waals surface area contributed by atoms with Crippen LogP contribution >= 0.6 is 7.60 Å². The van der Waals surface area contributed by atoms with Gasteiger partial charge in [0, 0.05) is 35.6 Å². The molecule has 2 aromatic carbocycles. The Labute approximate surface area is 224 Å². The number of benzene rings is 2. The zero-order valence-corrected chi connectivity index (χ0v) is 22.4. The SMILES string of the molecule is CC(=O)c1cn(CC(=O)N2C[C@H](F)C[C@H]2C(=O)NCCCc2ccccc2)c2ccc(OCP(=O)(O)O)cc12. The lowest BCUT2D eigenvalue weighted by molar-refractivity contribution is -0.138. The molecule has 1 aliphatic rings. The zero-order valence-electron chi connectivity index (χ0n) is 21.5. The van der Waals surface area contributed by atoms with E-state index in [1.54, 1.807) is 10.6 Å². The molecule has 39 heavy (non-hydrogen) atoms. The van der Waals surface area contributed by atoms with Crippen molar-refractivity contribution < 1.29 is 37.9 Å². The smallest absolute Gasteiger partial charge is 0.362 e. The molecule has 1 fully saturated rings. The van der Waals surface area contributed by atoms with E-state index in [1.165, 1.54) is 30.2 Å². The van der Waals surface area contributed by atoms with E-state index in [0.717, 1.165) is 12.0 Å². The van der Waals surface area contributed by atoms with Crippen LogP contribution < -0.4 is 10.1 Å². The molecule has 2 heterocycles. The number of nitrogens with one attached hydrogen (secondary N) is 1. The van der Waals surface area contributed by atoms with E-state index in [2.05, 4.69) is 5.32 Å². The van der Waals surface area contributed by atoms with Crippen LogP contribution in [-0.4, -0.2) is 68.5 Å². The van der Waals surface area contributed by atoms with Crippen LogP contribution in [0.2, 0.25) is 0 Å². The van der Waals surface area contributed by atoms with Crippen molar-refractivity contribution in [3.63, 3.8) is 0 Å². The second-order valence-corrected chi connectivity index (χ2v) is 11.2. The summed E-state index contributed by atoms with van der Waals surface area (Å²) in [5, 5.41) is 3.26. The molecule has 2 amide bonds. The van der Waals surface area contributed by atoms with Crippen LogP contribution in [0.25, 0.3) is 10.9 Å². The van der Waals surface area contributed by atoms with E-state index in [-0.39, 0.29) is 36.6 Å². The molecule has 208 valence electrons. The number of carbonyl (C=O) groups is 3. The molecule has 4 rings (SSSR count). The first-order chi connectivity index (χ1) is 18.5. The molecular formula is C27H31FN3O7P. The number of ether oxygens (including phenoxy) is 1. The molecule has 10 nitrogen and oxygen atoms in total.